The lowest BCUT2D eigenvalue weighted by molar-refractivity contribution is -0.131. The van der Waals surface area contributed by atoms with Gasteiger partial charge in [-0.25, -0.2) is 4.39 Å². The molecule has 180 valence electrons. The van der Waals surface area contributed by atoms with Crippen molar-refractivity contribution in [3.05, 3.63) is 59.4 Å². The van der Waals surface area contributed by atoms with Gasteiger partial charge in [0.2, 0.25) is 6.79 Å². The van der Waals surface area contributed by atoms with E-state index in [-0.39, 0.29) is 11.7 Å². The van der Waals surface area contributed by atoms with Crippen LogP contribution in [0.15, 0.2) is 47.5 Å². The molecule has 2 aromatic rings. The van der Waals surface area contributed by atoms with Crippen molar-refractivity contribution < 1.29 is 18.7 Å². The van der Waals surface area contributed by atoms with Gasteiger partial charge in [-0.15, -0.1) is 0 Å². The minimum Gasteiger partial charge on any atom is -0.454 e. The Morgan fingerprint density at radius 2 is 1.79 bits per heavy atom. The van der Waals surface area contributed by atoms with Gasteiger partial charge < -0.3 is 14.4 Å². The van der Waals surface area contributed by atoms with E-state index < -0.39 is 5.54 Å². The number of fused-ring (bicyclic) bond motifs is 1. The maximum atomic E-state index is 13.4. The smallest absolute Gasteiger partial charge is 0.260 e. The van der Waals surface area contributed by atoms with Crippen LogP contribution in [0, 0.1) is 5.82 Å². The molecule has 34 heavy (non-hydrogen) atoms. The number of amidine groups is 1. The van der Waals surface area contributed by atoms with Crippen LogP contribution in [-0.4, -0.2) is 54.5 Å². The Morgan fingerprint density at radius 1 is 1.06 bits per heavy atom. The molecule has 0 spiro atoms. The maximum absolute atomic E-state index is 13.4. The van der Waals surface area contributed by atoms with E-state index in [1.54, 1.807) is 12.1 Å². The third-order valence-electron chi connectivity index (χ3n) is 7.49. The van der Waals surface area contributed by atoms with Gasteiger partial charge in [-0.05, 0) is 93.6 Å². The number of benzene rings is 2. The van der Waals surface area contributed by atoms with Crippen LogP contribution in [0.1, 0.15) is 56.6 Å². The predicted molar refractivity (Wildman–Crippen MR) is 129 cm³/mol. The van der Waals surface area contributed by atoms with Gasteiger partial charge in [0.05, 0.1) is 0 Å². The highest BCUT2D eigenvalue weighted by molar-refractivity contribution is 6.07. The lowest BCUT2D eigenvalue weighted by atomic mass is 9.87. The first-order valence-electron chi connectivity index (χ1n) is 12.3. The summed E-state index contributed by atoms with van der Waals surface area (Å²) in [6.45, 7) is 7.88. The molecular weight excluding hydrogens is 433 g/mol. The Kier molecular flexibility index (Phi) is 6.30. The molecule has 5 rings (SSSR count). The van der Waals surface area contributed by atoms with Crippen LogP contribution in [0.5, 0.6) is 11.5 Å². The largest absolute Gasteiger partial charge is 0.454 e. The van der Waals surface area contributed by atoms with Crippen molar-refractivity contribution >= 4 is 11.7 Å². The van der Waals surface area contributed by atoms with Gasteiger partial charge in [-0.2, -0.15) is 0 Å². The Balaban J connectivity index is 1.13. The summed E-state index contributed by atoms with van der Waals surface area (Å²) in [5, 5.41) is 0. The highest BCUT2D eigenvalue weighted by atomic mass is 19.1. The molecule has 3 aliphatic rings. The lowest BCUT2D eigenvalue weighted by Crippen LogP contribution is -2.42. The molecule has 7 heteroatoms. The lowest BCUT2D eigenvalue weighted by Gasteiger charge is -2.32. The van der Waals surface area contributed by atoms with E-state index in [0.717, 1.165) is 61.8 Å². The molecule has 0 N–H and O–H groups in total. The van der Waals surface area contributed by atoms with Crippen molar-refractivity contribution in [2.75, 3.05) is 33.0 Å². The quantitative estimate of drug-likeness (QED) is 0.595. The van der Waals surface area contributed by atoms with Crippen LogP contribution in [0.2, 0.25) is 0 Å². The Bertz CT molecular complexity index is 1080. The van der Waals surface area contributed by atoms with Crippen molar-refractivity contribution in [1.82, 2.24) is 9.80 Å². The monoisotopic (exact) mass is 465 g/mol. The Morgan fingerprint density at radius 3 is 2.53 bits per heavy atom. The SMILES string of the molecule is CC[C@]1(c2ccc(F)cc2)N=C(C)N(CCCN2CCC(c3ccc4c(c3)OCO4)CC2)C1=O. The summed E-state index contributed by atoms with van der Waals surface area (Å²) < 4.78 is 24.4. The second-order valence-corrected chi connectivity index (χ2v) is 9.42. The molecule has 1 saturated heterocycles. The van der Waals surface area contributed by atoms with Crippen LogP contribution in [0.3, 0.4) is 0 Å². The Labute approximate surface area is 200 Å². The number of halogens is 1. The average molecular weight is 466 g/mol. The predicted octanol–water partition coefficient (Wildman–Crippen LogP) is 4.69. The van der Waals surface area contributed by atoms with Gasteiger partial charge in [0.25, 0.3) is 5.91 Å². The zero-order valence-corrected chi connectivity index (χ0v) is 19.9. The van der Waals surface area contributed by atoms with Crippen molar-refractivity contribution in [2.45, 2.75) is 51.0 Å². The summed E-state index contributed by atoms with van der Waals surface area (Å²) in [6.07, 6.45) is 3.69. The number of piperidine rings is 1. The van der Waals surface area contributed by atoms with Crippen molar-refractivity contribution in [3.8, 4) is 11.5 Å². The summed E-state index contributed by atoms with van der Waals surface area (Å²) in [5.74, 6) is 2.68. The molecular formula is C27H32FN3O3. The van der Waals surface area contributed by atoms with Crippen LogP contribution in [0.4, 0.5) is 4.39 Å². The zero-order chi connectivity index (χ0) is 23.7. The topological polar surface area (TPSA) is 54.4 Å². The molecule has 1 fully saturated rings. The number of likely N-dealkylation sites (tertiary alicyclic amines) is 1. The van der Waals surface area contributed by atoms with E-state index in [2.05, 4.69) is 17.0 Å². The van der Waals surface area contributed by atoms with Crippen molar-refractivity contribution in [3.63, 3.8) is 0 Å². The molecule has 1 atom stereocenters. The van der Waals surface area contributed by atoms with E-state index in [4.69, 9.17) is 14.5 Å². The third kappa shape index (κ3) is 4.17. The molecule has 0 bridgehead atoms. The first-order chi connectivity index (χ1) is 16.5. The summed E-state index contributed by atoms with van der Waals surface area (Å²) in [6, 6.07) is 12.5. The number of aliphatic imine (C=N–C) groups is 1. The molecule has 6 nitrogen and oxygen atoms in total. The summed E-state index contributed by atoms with van der Waals surface area (Å²) >= 11 is 0. The van der Waals surface area contributed by atoms with Gasteiger partial charge in [-0.3, -0.25) is 14.7 Å². The molecule has 1 amide bonds. The number of carbonyl (C=O) groups excluding carboxylic acids is 1. The summed E-state index contributed by atoms with van der Waals surface area (Å²) in [7, 11) is 0. The molecule has 3 heterocycles. The summed E-state index contributed by atoms with van der Waals surface area (Å²) in [5.41, 5.74) is 1.16. The van der Waals surface area contributed by atoms with E-state index in [1.165, 1.54) is 17.7 Å². The highest BCUT2D eigenvalue weighted by Crippen LogP contribution is 2.38. The second kappa shape index (κ2) is 9.37. The van der Waals surface area contributed by atoms with E-state index in [0.29, 0.717) is 25.7 Å². The van der Waals surface area contributed by atoms with Gasteiger partial charge in [0.15, 0.2) is 17.0 Å². The van der Waals surface area contributed by atoms with Crippen LogP contribution in [0.25, 0.3) is 0 Å². The van der Waals surface area contributed by atoms with Gasteiger partial charge in [0.1, 0.15) is 11.7 Å². The first kappa shape index (κ1) is 22.8. The third-order valence-corrected chi connectivity index (χ3v) is 7.49. The molecule has 2 aromatic carbocycles. The van der Waals surface area contributed by atoms with Crippen molar-refractivity contribution in [2.24, 2.45) is 4.99 Å². The van der Waals surface area contributed by atoms with Crippen LogP contribution in [-0.2, 0) is 10.3 Å². The number of ether oxygens (including phenoxy) is 2. The Hall–Kier alpha value is -2.93. The van der Waals surface area contributed by atoms with E-state index >= 15 is 0 Å². The van der Waals surface area contributed by atoms with Gasteiger partial charge >= 0.3 is 0 Å². The standard InChI is InChI=1S/C27H32FN3O3/c1-3-27(22-6-8-23(28)9-7-22)26(32)31(19(2)29-27)14-4-13-30-15-11-20(12-16-30)21-5-10-24-25(17-21)34-18-33-24/h5-10,17,20H,3-4,11-16,18H2,1-2H3/t27-/m1/s1. The molecule has 0 radical (unpaired) electrons. The minimum atomic E-state index is -0.930. The number of rotatable bonds is 7. The zero-order valence-electron chi connectivity index (χ0n) is 19.9. The van der Waals surface area contributed by atoms with Crippen LogP contribution < -0.4 is 9.47 Å². The molecule has 0 aromatic heterocycles. The first-order valence-corrected chi connectivity index (χ1v) is 12.3. The number of hydrogen-bond acceptors (Lipinski definition) is 5. The molecule has 0 saturated carbocycles. The number of carbonyl (C=O) groups is 1. The highest BCUT2D eigenvalue weighted by Gasteiger charge is 2.46. The van der Waals surface area contributed by atoms with Crippen molar-refractivity contribution in [1.29, 1.82) is 0 Å². The van der Waals surface area contributed by atoms with Gasteiger partial charge in [-0.1, -0.05) is 25.1 Å². The normalized spacial score (nSPS) is 23.0. The fourth-order valence-electron chi connectivity index (χ4n) is 5.48. The fraction of sp³-hybridized carbons (Fsp3) is 0.481. The number of hydrogen-bond donors (Lipinski definition) is 0. The number of nitrogens with zero attached hydrogens (tertiary/aromatic N) is 3. The minimum absolute atomic E-state index is 0.000578. The second-order valence-electron chi connectivity index (χ2n) is 9.42. The van der Waals surface area contributed by atoms with E-state index in [9.17, 15) is 9.18 Å². The fourth-order valence-corrected chi connectivity index (χ4v) is 5.48. The van der Waals surface area contributed by atoms with Gasteiger partial charge in [0, 0.05) is 6.54 Å². The molecule has 0 aliphatic carbocycles. The van der Waals surface area contributed by atoms with Crippen LogP contribution >= 0.6 is 0 Å². The summed E-state index contributed by atoms with van der Waals surface area (Å²) in [4.78, 5) is 22.5. The maximum Gasteiger partial charge on any atom is 0.260 e. The number of amides is 1. The average Bonchev–Trinajstić information content (AvgIpc) is 3.42. The molecule has 3 aliphatic heterocycles. The molecule has 0 unspecified atom stereocenters. The van der Waals surface area contributed by atoms with E-state index in [1.807, 2.05) is 24.8 Å².